The fourth-order valence-corrected chi connectivity index (χ4v) is 5.52. The van der Waals surface area contributed by atoms with Gasteiger partial charge in [0.15, 0.2) is 0 Å². The predicted octanol–water partition coefficient (Wildman–Crippen LogP) is 2.78. The van der Waals surface area contributed by atoms with Crippen LogP contribution in [0.5, 0.6) is 5.75 Å². The Morgan fingerprint density at radius 3 is 2.58 bits per heavy atom. The van der Waals surface area contributed by atoms with Crippen LogP contribution in [0.25, 0.3) is 0 Å². The molecule has 3 N–H and O–H groups in total. The summed E-state index contributed by atoms with van der Waals surface area (Å²) in [6, 6.07) is 9.99. The van der Waals surface area contributed by atoms with Crippen molar-refractivity contribution in [1.82, 2.24) is 26.0 Å². The Morgan fingerprint density at radius 1 is 1.14 bits per heavy atom. The van der Waals surface area contributed by atoms with E-state index in [2.05, 4.69) is 46.1 Å². The Kier molecular flexibility index (Phi) is 11.5. The van der Waals surface area contributed by atoms with Crippen molar-refractivity contribution in [3.63, 3.8) is 0 Å². The Labute approximate surface area is 217 Å². The van der Waals surface area contributed by atoms with Gasteiger partial charge in [-0.1, -0.05) is 18.2 Å². The van der Waals surface area contributed by atoms with Gasteiger partial charge in [-0.2, -0.15) is 0 Å². The second-order valence-electron chi connectivity index (χ2n) is 10.3. The van der Waals surface area contributed by atoms with Crippen molar-refractivity contribution in [1.29, 1.82) is 0 Å². The van der Waals surface area contributed by atoms with Gasteiger partial charge in [-0.15, -0.1) is 0 Å². The van der Waals surface area contributed by atoms with Gasteiger partial charge in [-0.05, 0) is 76.7 Å². The summed E-state index contributed by atoms with van der Waals surface area (Å²) in [6.45, 7) is 7.09. The Balaban J connectivity index is 1.54. The van der Waals surface area contributed by atoms with Crippen LogP contribution in [0.1, 0.15) is 45.4 Å². The first-order valence-electron chi connectivity index (χ1n) is 13.5. The van der Waals surface area contributed by atoms with Crippen LogP contribution in [0.3, 0.4) is 0 Å². The first-order valence-corrected chi connectivity index (χ1v) is 13.5. The van der Waals surface area contributed by atoms with Gasteiger partial charge in [-0.25, -0.2) is 5.43 Å². The summed E-state index contributed by atoms with van der Waals surface area (Å²) in [5.74, 6) is 1.53. The van der Waals surface area contributed by atoms with Gasteiger partial charge in [0.05, 0.1) is 18.6 Å². The Bertz CT molecular complexity index is 813. The maximum absolute atomic E-state index is 13.3. The van der Waals surface area contributed by atoms with Gasteiger partial charge in [0.2, 0.25) is 5.91 Å². The number of carbonyl (C=O) groups is 1. The minimum absolute atomic E-state index is 0.0622. The molecule has 1 fully saturated rings. The largest absolute Gasteiger partial charge is 0.493 e. The fraction of sp³-hybridized carbons (Fsp3) is 0.679. The number of nitrogens with one attached hydrogen (secondary N) is 3. The van der Waals surface area contributed by atoms with E-state index in [-0.39, 0.29) is 17.5 Å². The molecule has 36 heavy (non-hydrogen) atoms. The first kappa shape index (κ1) is 28.4. The summed E-state index contributed by atoms with van der Waals surface area (Å²) in [5.41, 5.74) is 8.22. The highest BCUT2D eigenvalue weighted by molar-refractivity contribution is 5.76. The van der Waals surface area contributed by atoms with Crippen molar-refractivity contribution in [2.75, 3.05) is 60.6 Å². The Morgan fingerprint density at radius 2 is 1.89 bits per heavy atom. The predicted molar refractivity (Wildman–Crippen MR) is 145 cm³/mol. The number of nitrogens with zero attached hydrogens (tertiary/aromatic N) is 2. The molecule has 1 aliphatic heterocycles. The molecule has 1 saturated carbocycles. The highest BCUT2D eigenvalue weighted by atomic mass is 16.5. The molecule has 8 heteroatoms. The third kappa shape index (κ3) is 7.93. The average molecular weight is 502 g/mol. The van der Waals surface area contributed by atoms with E-state index in [1.54, 1.807) is 7.11 Å². The molecule has 1 aromatic rings. The van der Waals surface area contributed by atoms with Gasteiger partial charge in [0, 0.05) is 52.1 Å². The molecule has 0 radical (unpaired) electrons. The van der Waals surface area contributed by atoms with Gasteiger partial charge >= 0.3 is 0 Å². The molecule has 1 heterocycles. The van der Waals surface area contributed by atoms with E-state index in [0.29, 0.717) is 25.6 Å². The van der Waals surface area contributed by atoms with E-state index in [4.69, 9.17) is 9.47 Å². The molecule has 0 aromatic heterocycles. The van der Waals surface area contributed by atoms with E-state index in [0.717, 1.165) is 64.0 Å². The van der Waals surface area contributed by atoms with Crippen molar-refractivity contribution in [2.45, 2.75) is 57.0 Å². The Hall–Kier alpha value is -2.13. The van der Waals surface area contributed by atoms with Crippen molar-refractivity contribution >= 4 is 5.91 Å². The number of hydrazine groups is 1. The molecule has 0 bridgehead atoms. The van der Waals surface area contributed by atoms with Gasteiger partial charge in [0.25, 0.3) is 0 Å². The number of ether oxygens (including phenoxy) is 2. The number of amides is 1. The van der Waals surface area contributed by atoms with Crippen molar-refractivity contribution in [3.05, 3.63) is 42.1 Å². The number of hydrogen-bond donors (Lipinski definition) is 3. The summed E-state index contributed by atoms with van der Waals surface area (Å²) < 4.78 is 11.1. The number of rotatable bonds is 15. The molecular formula is C28H47N5O3. The average Bonchev–Trinajstić information content (AvgIpc) is 3.27. The molecule has 0 saturated heterocycles. The van der Waals surface area contributed by atoms with Crippen LogP contribution in [0.15, 0.2) is 42.1 Å². The third-order valence-corrected chi connectivity index (χ3v) is 7.78. The minimum Gasteiger partial charge on any atom is -0.493 e. The van der Waals surface area contributed by atoms with Gasteiger partial charge < -0.3 is 30.0 Å². The molecule has 202 valence electrons. The van der Waals surface area contributed by atoms with Crippen LogP contribution in [0.2, 0.25) is 0 Å². The monoisotopic (exact) mass is 501 g/mol. The second kappa shape index (κ2) is 14.6. The highest BCUT2D eigenvalue weighted by Gasteiger charge is 2.43. The first-order chi connectivity index (χ1) is 17.5. The molecule has 1 amide bonds. The van der Waals surface area contributed by atoms with E-state index in [1.165, 1.54) is 5.57 Å². The standard InChI is InChI=1S/C28H47N5O3/c1-28(24(21-30-31-28)22-32(3)18-16-29-2)23-11-13-25(14-12-23)33(17-8-19-35-4)27(34)15-20-36-26-9-6-5-7-10-26/h5-7,9-10,21,23,25,29-31H,8,11-20,22H2,1-4H3. The number of likely N-dealkylation sites (N-methyl/N-ethyl adjacent to an activating group) is 2. The maximum Gasteiger partial charge on any atom is 0.226 e. The lowest BCUT2D eigenvalue weighted by atomic mass is 9.71. The maximum atomic E-state index is 13.3. The number of benzene rings is 1. The van der Waals surface area contributed by atoms with Crippen LogP contribution in [-0.2, 0) is 9.53 Å². The zero-order valence-corrected chi connectivity index (χ0v) is 22.7. The smallest absolute Gasteiger partial charge is 0.226 e. The van der Waals surface area contributed by atoms with Crippen LogP contribution < -0.4 is 20.9 Å². The second-order valence-corrected chi connectivity index (χ2v) is 10.3. The van der Waals surface area contributed by atoms with Crippen molar-refractivity contribution in [2.24, 2.45) is 5.92 Å². The van der Waals surface area contributed by atoms with Gasteiger partial charge in [0.1, 0.15) is 5.75 Å². The van der Waals surface area contributed by atoms with E-state index in [9.17, 15) is 4.79 Å². The zero-order valence-electron chi connectivity index (χ0n) is 22.7. The topological polar surface area (TPSA) is 78.1 Å². The van der Waals surface area contributed by atoms with Crippen LogP contribution in [-0.4, -0.2) is 87.9 Å². The molecule has 1 unspecified atom stereocenters. The number of hydrogen-bond acceptors (Lipinski definition) is 7. The summed E-state index contributed by atoms with van der Waals surface area (Å²) in [7, 11) is 5.89. The van der Waals surface area contributed by atoms with Crippen LogP contribution in [0.4, 0.5) is 0 Å². The normalized spacial score (nSPS) is 23.9. The lowest BCUT2D eigenvalue weighted by molar-refractivity contribution is -0.135. The number of methoxy groups -OCH3 is 1. The zero-order chi connectivity index (χ0) is 25.8. The molecule has 1 aromatic carbocycles. The summed E-state index contributed by atoms with van der Waals surface area (Å²) in [5, 5.41) is 3.23. The van der Waals surface area contributed by atoms with Gasteiger partial charge in [-0.3, -0.25) is 4.79 Å². The molecule has 1 atom stereocenters. The van der Waals surface area contributed by atoms with Crippen LogP contribution in [0, 0.1) is 5.92 Å². The minimum atomic E-state index is -0.0622. The summed E-state index contributed by atoms with van der Waals surface area (Å²) >= 11 is 0. The molecule has 0 spiro atoms. The van der Waals surface area contributed by atoms with Crippen LogP contribution >= 0.6 is 0 Å². The molecule has 1 aliphatic carbocycles. The fourth-order valence-electron chi connectivity index (χ4n) is 5.52. The van der Waals surface area contributed by atoms with E-state index < -0.39 is 0 Å². The quantitative estimate of drug-likeness (QED) is 0.319. The molecule has 3 rings (SSSR count). The lowest BCUT2D eigenvalue weighted by Gasteiger charge is -2.44. The van der Waals surface area contributed by atoms with Crippen molar-refractivity contribution in [3.8, 4) is 5.75 Å². The lowest BCUT2D eigenvalue weighted by Crippen LogP contribution is -2.54. The third-order valence-electron chi connectivity index (χ3n) is 7.78. The number of carbonyl (C=O) groups excluding carboxylic acids is 1. The SMILES string of the molecule is CNCCN(C)CC1=CNNC1(C)C1CCC(N(CCCOC)C(=O)CCOc2ccccc2)CC1. The highest BCUT2D eigenvalue weighted by Crippen LogP contribution is 2.39. The summed E-state index contributed by atoms with van der Waals surface area (Å²) in [6.07, 6.45) is 7.67. The number of para-hydroxylation sites is 1. The summed E-state index contributed by atoms with van der Waals surface area (Å²) in [4.78, 5) is 17.7. The molecule has 8 nitrogen and oxygen atoms in total. The van der Waals surface area contributed by atoms with E-state index in [1.807, 2.05) is 37.4 Å². The van der Waals surface area contributed by atoms with E-state index >= 15 is 0 Å². The molecular weight excluding hydrogens is 454 g/mol. The van der Waals surface area contributed by atoms with Crippen molar-refractivity contribution < 1.29 is 14.3 Å². The molecule has 2 aliphatic rings.